The molecule has 0 N–H and O–H groups in total. The van der Waals surface area contributed by atoms with Gasteiger partial charge >= 0.3 is 6.18 Å². The number of benzene rings is 1. The van der Waals surface area contributed by atoms with Crippen LogP contribution in [0.25, 0.3) is 0 Å². The van der Waals surface area contributed by atoms with Crippen molar-refractivity contribution in [1.29, 1.82) is 0 Å². The van der Waals surface area contributed by atoms with Crippen molar-refractivity contribution in [1.82, 2.24) is 15.0 Å². The van der Waals surface area contributed by atoms with Crippen LogP contribution >= 0.6 is 23.2 Å². The van der Waals surface area contributed by atoms with Crippen LogP contribution in [0.4, 0.5) is 22.0 Å². The fourth-order valence-electron chi connectivity index (χ4n) is 2.27. The molecule has 0 saturated carbocycles. The highest BCUT2D eigenvalue weighted by Crippen LogP contribution is 2.37. The van der Waals surface area contributed by atoms with Crippen LogP contribution in [0, 0.1) is 11.6 Å². The van der Waals surface area contributed by atoms with E-state index in [0.29, 0.717) is 11.6 Å². The Bertz CT molecular complexity index is 1070. The fourth-order valence-corrected chi connectivity index (χ4v) is 2.62. The van der Waals surface area contributed by atoms with Gasteiger partial charge in [0.25, 0.3) is 11.8 Å². The van der Waals surface area contributed by atoms with Gasteiger partial charge in [-0.05, 0) is 41.4 Å². The zero-order valence-corrected chi connectivity index (χ0v) is 16.2. The van der Waals surface area contributed by atoms with Crippen molar-refractivity contribution in [2.45, 2.75) is 12.6 Å². The lowest BCUT2D eigenvalue weighted by Gasteiger charge is -2.12. The second kappa shape index (κ2) is 8.97. The third-order valence-corrected chi connectivity index (χ3v) is 4.15. The van der Waals surface area contributed by atoms with Crippen molar-refractivity contribution in [2.24, 2.45) is 0 Å². The average molecular weight is 466 g/mol. The van der Waals surface area contributed by atoms with Crippen LogP contribution < -0.4 is 9.47 Å². The van der Waals surface area contributed by atoms with Gasteiger partial charge in [-0.15, -0.1) is 0 Å². The Morgan fingerprint density at radius 2 is 1.70 bits per heavy atom. The summed E-state index contributed by atoms with van der Waals surface area (Å²) in [7, 11) is 0. The van der Waals surface area contributed by atoms with Crippen LogP contribution in [0.2, 0.25) is 10.3 Å². The molecular weight excluding hydrogens is 456 g/mol. The van der Waals surface area contributed by atoms with E-state index in [1.54, 1.807) is 0 Å². The number of rotatable bonds is 6. The van der Waals surface area contributed by atoms with Crippen LogP contribution in [-0.4, -0.2) is 21.6 Å². The average Bonchev–Trinajstić information content (AvgIpc) is 2.67. The molecule has 12 heteroatoms. The molecule has 3 aromatic rings. The lowest BCUT2D eigenvalue weighted by molar-refractivity contribution is -0.137. The minimum atomic E-state index is -4.69. The van der Waals surface area contributed by atoms with E-state index in [4.69, 9.17) is 32.7 Å². The zero-order valence-electron chi connectivity index (χ0n) is 14.7. The molecule has 158 valence electrons. The number of aromatic nitrogens is 3. The van der Waals surface area contributed by atoms with Gasteiger partial charge in [0.2, 0.25) is 11.1 Å². The van der Waals surface area contributed by atoms with E-state index in [1.807, 2.05) is 0 Å². The number of pyridine rings is 1. The highest BCUT2D eigenvalue weighted by molar-refractivity contribution is 6.31. The highest BCUT2D eigenvalue weighted by Gasteiger charge is 2.33. The predicted molar refractivity (Wildman–Crippen MR) is 96.9 cm³/mol. The summed E-state index contributed by atoms with van der Waals surface area (Å²) in [5, 5.41) is -0.712. The molecule has 0 aliphatic rings. The minimum absolute atomic E-state index is 0.0717. The number of nitrogens with zero attached hydrogens (tertiary/aromatic N) is 3. The maximum Gasteiger partial charge on any atom is 0.417 e. The first-order valence-electron chi connectivity index (χ1n) is 8.13. The zero-order chi connectivity index (χ0) is 21.9. The lowest BCUT2D eigenvalue weighted by Crippen LogP contribution is -2.07. The Morgan fingerprint density at radius 1 is 0.933 bits per heavy atom. The first kappa shape index (κ1) is 22.0. The number of hydrogen-bond acceptors (Lipinski definition) is 5. The number of ether oxygens (including phenoxy) is 2. The Balaban J connectivity index is 1.66. The van der Waals surface area contributed by atoms with E-state index in [0.717, 1.165) is 24.4 Å². The third-order valence-electron chi connectivity index (χ3n) is 3.63. The number of alkyl halides is 3. The van der Waals surface area contributed by atoms with Crippen LogP contribution in [0.3, 0.4) is 0 Å². The third kappa shape index (κ3) is 5.45. The standard InChI is InChI=1S/C18H10Cl2F5N3O2/c19-12-2-1-10(6-11(12)18(23,24)25)30-15-13(21)5-9(7-26-15)3-4-29-16-14(22)8-27-17(20)28-16/h1-2,5-8H,3-4H2. The first-order chi connectivity index (χ1) is 14.1. The van der Waals surface area contributed by atoms with Crippen molar-refractivity contribution in [3.8, 4) is 17.5 Å². The highest BCUT2D eigenvalue weighted by atomic mass is 35.5. The Morgan fingerprint density at radius 3 is 2.40 bits per heavy atom. The van der Waals surface area contributed by atoms with Gasteiger partial charge in [0, 0.05) is 12.6 Å². The van der Waals surface area contributed by atoms with Crippen LogP contribution in [0.15, 0.2) is 36.7 Å². The van der Waals surface area contributed by atoms with Gasteiger partial charge in [0.05, 0.1) is 23.4 Å². The van der Waals surface area contributed by atoms with Gasteiger partial charge < -0.3 is 9.47 Å². The SMILES string of the molecule is Fc1cnc(Cl)nc1OCCc1cnc(Oc2ccc(Cl)c(C(F)(F)F)c2)c(F)c1. The summed E-state index contributed by atoms with van der Waals surface area (Å²) in [6.45, 7) is -0.0717. The fraction of sp³-hybridized carbons (Fsp3) is 0.167. The molecule has 5 nitrogen and oxygen atoms in total. The molecule has 0 unspecified atom stereocenters. The monoisotopic (exact) mass is 465 g/mol. The van der Waals surface area contributed by atoms with Crippen LogP contribution in [-0.2, 0) is 12.6 Å². The second-order valence-electron chi connectivity index (χ2n) is 5.76. The Hall–Kier alpha value is -2.72. The van der Waals surface area contributed by atoms with E-state index in [1.165, 1.54) is 6.20 Å². The van der Waals surface area contributed by atoms with Crippen LogP contribution in [0.5, 0.6) is 17.5 Å². The predicted octanol–water partition coefficient (Wildman–Crippen LogP) is 5.89. The topological polar surface area (TPSA) is 57.1 Å². The number of hydrogen-bond donors (Lipinski definition) is 0. The van der Waals surface area contributed by atoms with E-state index >= 15 is 0 Å². The van der Waals surface area contributed by atoms with E-state index in [-0.39, 0.29) is 29.9 Å². The quantitative estimate of drug-likeness (QED) is 0.335. The second-order valence-corrected chi connectivity index (χ2v) is 6.51. The maximum atomic E-state index is 14.2. The van der Waals surface area contributed by atoms with Crippen molar-refractivity contribution in [3.63, 3.8) is 0 Å². The molecule has 2 aromatic heterocycles. The molecule has 0 bridgehead atoms. The molecule has 0 atom stereocenters. The molecule has 0 aliphatic carbocycles. The molecule has 0 saturated heterocycles. The Labute approximate surface area is 176 Å². The van der Waals surface area contributed by atoms with Crippen LogP contribution in [0.1, 0.15) is 11.1 Å². The van der Waals surface area contributed by atoms with E-state index in [2.05, 4.69) is 15.0 Å². The molecule has 3 rings (SSSR count). The van der Waals surface area contributed by atoms with Gasteiger partial charge in [-0.1, -0.05) is 11.6 Å². The van der Waals surface area contributed by atoms with Gasteiger partial charge in [-0.25, -0.2) is 14.4 Å². The van der Waals surface area contributed by atoms with Crippen molar-refractivity contribution < 1.29 is 31.4 Å². The summed E-state index contributed by atoms with van der Waals surface area (Å²) in [6.07, 6.45) is -2.48. The molecular formula is C18H10Cl2F5N3O2. The molecule has 30 heavy (non-hydrogen) atoms. The van der Waals surface area contributed by atoms with Gasteiger partial charge in [0.1, 0.15) is 5.75 Å². The molecule has 0 fully saturated rings. The van der Waals surface area contributed by atoms with E-state index < -0.39 is 34.3 Å². The first-order valence-corrected chi connectivity index (χ1v) is 8.89. The molecule has 0 spiro atoms. The summed E-state index contributed by atoms with van der Waals surface area (Å²) in [5.74, 6) is -2.89. The smallest absolute Gasteiger partial charge is 0.417 e. The Kier molecular flexibility index (Phi) is 6.57. The summed E-state index contributed by atoms with van der Waals surface area (Å²) in [6, 6.07) is 3.85. The normalized spacial score (nSPS) is 11.4. The molecule has 2 heterocycles. The molecule has 0 radical (unpaired) electrons. The summed E-state index contributed by atoms with van der Waals surface area (Å²) >= 11 is 11.1. The maximum absolute atomic E-state index is 14.2. The largest absolute Gasteiger partial charge is 0.475 e. The van der Waals surface area contributed by atoms with E-state index in [9.17, 15) is 22.0 Å². The molecule has 0 aliphatic heterocycles. The lowest BCUT2D eigenvalue weighted by atomic mass is 10.2. The van der Waals surface area contributed by atoms with Gasteiger partial charge in [-0.2, -0.15) is 22.5 Å². The molecule has 0 amide bonds. The summed E-state index contributed by atoms with van der Waals surface area (Å²) < 4.78 is 76.7. The minimum Gasteiger partial charge on any atom is -0.475 e. The molecule has 1 aromatic carbocycles. The summed E-state index contributed by atoms with van der Waals surface area (Å²) in [4.78, 5) is 10.8. The van der Waals surface area contributed by atoms with Crippen molar-refractivity contribution in [2.75, 3.05) is 6.61 Å². The van der Waals surface area contributed by atoms with Crippen molar-refractivity contribution in [3.05, 3.63) is 69.7 Å². The van der Waals surface area contributed by atoms with Crippen molar-refractivity contribution >= 4 is 23.2 Å². The summed E-state index contributed by atoms with van der Waals surface area (Å²) in [5.41, 5.74) is -0.750. The van der Waals surface area contributed by atoms with Gasteiger partial charge in [0.15, 0.2) is 5.82 Å². The number of halogens is 7. The van der Waals surface area contributed by atoms with Gasteiger partial charge in [-0.3, -0.25) is 0 Å².